The largest absolute Gasteiger partial charge is 0.461 e. The van der Waals surface area contributed by atoms with Crippen LogP contribution in [-0.2, 0) is 14.3 Å². The maximum Gasteiger partial charge on any atom is 0.313 e. The van der Waals surface area contributed by atoms with Gasteiger partial charge in [0.15, 0.2) is 5.78 Å². The Morgan fingerprint density at radius 1 is 0.912 bits per heavy atom. The van der Waals surface area contributed by atoms with E-state index in [1.807, 2.05) is 6.92 Å². The predicted molar refractivity (Wildman–Crippen MR) is 127 cm³/mol. The van der Waals surface area contributed by atoms with Crippen LogP contribution in [0.2, 0.25) is 0 Å². The van der Waals surface area contributed by atoms with Gasteiger partial charge in [0.25, 0.3) is 0 Å². The third kappa shape index (κ3) is 2.31. The van der Waals surface area contributed by atoms with E-state index in [1.165, 1.54) is 0 Å². The first-order valence-corrected chi connectivity index (χ1v) is 13.5. The minimum absolute atomic E-state index is 0.00517. The highest BCUT2D eigenvalue weighted by Crippen LogP contribution is 2.80. The monoisotopic (exact) mass is 470 g/mol. The lowest BCUT2D eigenvalue weighted by atomic mass is 9.30. The van der Waals surface area contributed by atoms with E-state index in [2.05, 4.69) is 34.3 Å². The lowest BCUT2D eigenvalue weighted by Gasteiger charge is -2.72. The van der Waals surface area contributed by atoms with Crippen LogP contribution >= 0.6 is 0 Å². The van der Waals surface area contributed by atoms with Crippen molar-refractivity contribution in [3.05, 3.63) is 12.2 Å². The second kappa shape index (κ2) is 6.56. The Labute approximate surface area is 203 Å². The number of rotatable bonds is 0. The van der Waals surface area contributed by atoms with Gasteiger partial charge in [0.2, 0.25) is 0 Å². The lowest BCUT2D eigenvalue weighted by Crippen LogP contribution is -2.71. The fourth-order valence-electron chi connectivity index (χ4n) is 11.3. The number of ether oxygens (including phenoxy) is 1. The van der Waals surface area contributed by atoms with Gasteiger partial charge in [0, 0.05) is 11.3 Å². The molecule has 5 aliphatic carbocycles. The van der Waals surface area contributed by atoms with Gasteiger partial charge in [-0.05, 0) is 90.9 Å². The zero-order chi connectivity index (χ0) is 24.6. The highest BCUT2D eigenvalue weighted by molar-refractivity contribution is 5.87. The van der Waals surface area contributed by atoms with Gasteiger partial charge >= 0.3 is 5.97 Å². The number of carbonyl (C=O) groups excluding carboxylic acids is 2. The van der Waals surface area contributed by atoms with E-state index >= 15 is 0 Å². The van der Waals surface area contributed by atoms with Crippen molar-refractivity contribution in [3.8, 4) is 0 Å². The number of aliphatic hydroxyl groups is 2. The molecule has 34 heavy (non-hydrogen) atoms. The average molecular weight is 471 g/mol. The number of Topliss-reactive ketones (excluding diaryl/α,β-unsaturated/α-hetero) is 1. The molecule has 12 atom stereocenters. The molecule has 1 aliphatic heterocycles. The molecule has 2 N–H and O–H groups in total. The molecule has 6 rings (SSSR count). The Hall–Kier alpha value is -1.20. The van der Waals surface area contributed by atoms with Crippen molar-refractivity contribution in [2.75, 3.05) is 0 Å². The predicted octanol–water partition coefficient (Wildman–Crippen LogP) is 4.44. The summed E-state index contributed by atoms with van der Waals surface area (Å²) in [5.74, 6) is 0.547. The zero-order valence-corrected chi connectivity index (χ0v) is 21.5. The Balaban J connectivity index is 1.47. The number of esters is 1. The van der Waals surface area contributed by atoms with Crippen molar-refractivity contribution >= 4 is 11.8 Å². The first kappa shape index (κ1) is 23.2. The number of carbonyl (C=O) groups is 2. The molecule has 5 nitrogen and oxygen atoms in total. The van der Waals surface area contributed by atoms with E-state index in [1.54, 1.807) is 0 Å². The minimum Gasteiger partial charge on any atom is -0.461 e. The van der Waals surface area contributed by atoms with Gasteiger partial charge < -0.3 is 14.9 Å². The highest BCUT2D eigenvalue weighted by atomic mass is 16.6. The summed E-state index contributed by atoms with van der Waals surface area (Å²) in [6, 6.07) is 0. The van der Waals surface area contributed by atoms with Crippen molar-refractivity contribution in [1.29, 1.82) is 0 Å². The molecule has 0 aromatic heterocycles. The molecule has 0 unspecified atom stereocenters. The highest BCUT2D eigenvalue weighted by Gasteiger charge is 2.81. The third-order valence-electron chi connectivity index (χ3n) is 13.3. The smallest absolute Gasteiger partial charge is 0.313 e. The lowest BCUT2D eigenvalue weighted by molar-refractivity contribution is -0.248. The number of aliphatic hydroxyl groups excluding tert-OH is 2. The molecule has 1 heterocycles. The first-order valence-electron chi connectivity index (χ1n) is 13.5. The van der Waals surface area contributed by atoms with Crippen molar-refractivity contribution in [2.45, 2.75) is 104 Å². The van der Waals surface area contributed by atoms with Crippen LogP contribution in [0.3, 0.4) is 0 Å². The standard InChI is InChI=1S/C29H42O5/c1-15-11-20-25(3,13-18(15)31)14-22-28(6)19-7-8-26(4)16(2)23(32)17(30)12-21(26)27(19,5)9-10-29(20,28)24(33)34-22/h16-22,30-31H,1,7-14H2,2-6H3/t16-,17-,18-,19-,20+,21+,22-,25+,26+,27+,28-,29-/m0/s1. The van der Waals surface area contributed by atoms with Gasteiger partial charge in [-0.15, -0.1) is 0 Å². The molecule has 0 aromatic carbocycles. The Kier molecular flexibility index (Phi) is 4.48. The maximum atomic E-state index is 13.9. The molecule has 0 aromatic rings. The fraction of sp³-hybridized carbons (Fsp3) is 0.862. The van der Waals surface area contributed by atoms with Crippen molar-refractivity contribution in [3.63, 3.8) is 0 Å². The summed E-state index contributed by atoms with van der Waals surface area (Å²) >= 11 is 0. The number of hydrogen-bond acceptors (Lipinski definition) is 5. The van der Waals surface area contributed by atoms with E-state index in [9.17, 15) is 19.8 Å². The summed E-state index contributed by atoms with van der Waals surface area (Å²) in [6.07, 6.45) is 4.86. The molecular formula is C29H42O5. The molecular weight excluding hydrogens is 428 g/mol. The van der Waals surface area contributed by atoms with Gasteiger partial charge in [-0.3, -0.25) is 9.59 Å². The van der Waals surface area contributed by atoms with Crippen LogP contribution in [0.5, 0.6) is 0 Å². The second-order valence-corrected chi connectivity index (χ2v) is 14.2. The Morgan fingerprint density at radius 2 is 1.62 bits per heavy atom. The van der Waals surface area contributed by atoms with Gasteiger partial charge in [-0.1, -0.05) is 41.2 Å². The van der Waals surface area contributed by atoms with Crippen molar-refractivity contribution < 1.29 is 24.5 Å². The van der Waals surface area contributed by atoms with E-state index in [0.717, 1.165) is 37.7 Å². The number of fused-ring (bicyclic) bond motifs is 4. The summed E-state index contributed by atoms with van der Waals surface area (Å²) in [5, 5.41) is 21.4. The van der Waals surface area contributed by atoms with Gasteiger partial charge in [-0.2, -0.15) is 0 Å². The molecule has 5 saturated carbocycles. The normalized spacial score (nSPS) is 60.6. The van der Waals surface area contributed by atoms with Crippen LogP contribution in [0, 0.1) is 50.7 Å². The topological polar surface area (TPSA) is 83.8 Å². The summed E-state index contributed by atoms with van der Waals surface area (Å²) in [7, 11) is 0. The average Bonchev–Trinajstić information content (AvgIpc) is 2.91. The second-order valence-electron chi connectivity index (χ2n) is 14.2. The summed E-state index contributed by atoms with van der Waals surface area (Å²) in [4.78, 5) is 26.7. The maximum absolute atomic E-state index is 13.9. The zero-order valence-electron chi connectivity index (χ0n) is 21.5. The van der Waals surface area contributed by atoms with Gasteiger partial charge in [0.05, 0.1) is 11.5 Å². The molecule has 188 valence electrons. The van der Waals surface area contributed by atoms with E-state index in [0.29, 0.717) is 25.2 Å². The van der Waals surface area contributed by atoms with Gasteiger partial charge in [0.1, 0.15) is 12.2 Å². The minimum atomic E-state index is -0.875. The molecule has 6 fully saturated rings. The van der Waals surface area contributed by atoms with E-state index in [4.69, 9.17) is 4.74 Å². The van der Waals surface area contributed by atoms with E-state index in [-0.39, 0.29) is 57.3 Å². The van der Waals surface area contributed by atoms with Gasteiger partial charge in [-0.25, -0.2) is 0 Å². The molecule has 2 bridgehead atoms. The van der Waals surface area contributed by atoms with Crippen molar-refractivity contribution in [1.82, 2.24) is 0 Å². The molecule has 6 aliphatic rings. The molecule has 1 saturated heterocycles. The molecule has 0 spiro atoms. The van der Waals surface area contributed by atoms with E-state index < -0.39 is 17.6 Å². The molecule has 5 heteroatoms. The number of ketones is 1. The quantitative estimate of drug-likeness (QED) is 0.404. The SMILES string of the molecule is C=C1C[C@@H]2[C@@](C)(C[C@@H]3OC(=O)[C@]24CC[C@@]2(C)[C@@H]5C[C@H](O)C(=O)[C@H](C)[C@@]5(C)CC[C@@H]2[C@@]34C)C[C@@H]1O. The first-order chi connectivity index (χ1) is 15.8. The van der Waals surface area contributed by atoms with Crippen LogP contribution in [-0.4, -0.2) is 40.3 Å². The Bertz CT molecular complexity index is 989. The van der Waals surface area contributed by atoms with Crippen LogP contribution in [0.1, 0.15) is 86.0 Å². The van der Waals surface area contributed by atoms with Crippen LogP contribution in [0.25, 0.3) is 0 Å². The molecule has 0 amide bonds. The third-order valence-corrected chi connectivity index (χ3v) is 13.3. The Morgan fingerprint density at radius 3 is 2.32 bits per heavy atom. The molecule has 0 radical (unpaired) electrons. The van der Waals surface area contributed by atoms with Crippen LogP contribution in [0.15, 0.2) is 12.2 Å². The van der Waals surface area contributed by atoms with Crippen molar-refractivity contribution in [2.24, 2.45) is 50.7 Å². The summed E-state index contributed by atoms with van der Waals surface area (Å²) < 4.78 is 6.31. The van der Waals surface area contributed by atoms with Crippen LogP contribution in [0.4, 0.5) is 0 Å². The fourth-order valence-corrected chi connectivity index (χ4v) is 11.3. The van der Waals surface area contributed by atoms with Crippen LogP contribution < -0.4 is 0 Å². The summed E-state index contributed by atoms with van der Waals surface area (Å²) in [5.41, 5.74) is -0.244. The number of hydrogen-bond donors (Lipinski definition) is 2. The summed E-state index contributed by atoms with van der Waals surface area (Å²) in [6.45, 7) is 15.5.